The van der Waals surface area contributed by atoms with Crippen molar-refractivity contribution in [3.05, 3.63) is 66.0 Å². The van der Waals surface area contributed by atoms with E-state index in [1.54, 1.807) is 12.3 Å². The van der Waals surface area contributed by atoms with Gasteiger partial charge in [0.25, 0.3) is 0 Å². The van der Waals surface area contributed by atoms with Crippen LogP contribution in [-0.4, -0.2) is 69.0 Å². The Bertz CT molecular complexity index is 1300. The first kappa shape index (κ1) is 38.1. The highest BCUT2D eigenvalue weighted by atomic mass is 16.4. The number of nitrogens with one attached hydrogen (secondary N) is 4. The monoisotopic (exact) mass is 665 g/mol. The summed E-state index contributed by atoms with van der Waals surface area (Å²) in [6.07, 6.45) is 3.81. The van der Waals surface area contributed by atoms with Crippen molar-refractivity contribution < 1.29 is 34.2 Å². The van der Waals surface area contributed by atoms with Crippen LogP contribution in [0.3, 0.4) is 0 Å². The van der Waals surface area contributed by atoms with Crippen LogP contribution in [0, 0.1) is 11.8 Å². The van der Waals surface area contributed by atoms with Gasteiger partial charge < -0.3 is 31.5 Å². The molecule has 1 aliphatic carbocycles. The van der Waals surface area contributed by atoms with E-state index in [-0.39, 0.29) is 37.5 Å². The molecule has 1 unspecified atom stereocenters. The number of hydrogen-bond acceptors (Lipinski definition) is 7. The number of nitrogens with zero attached hydrogens (tertiary/aromatic N) is 1. The van der Waals surface area contributed by atoms with Crippen LogP contribution >= 0.6 is 0 Å². The Kier molecular flexibility index (Phi) is 15.5. The van der Waals surface area contributed by atoms with Crippen molar-refractivity contribution >= 4 is 29.6 Å². The second kappa shape index (κ2) is 19.5. The smallest absolute Gasteiger partial charge is 0.303 e. The number of aromatic nitrogens is 1. The number of carboxylic acid groups (broad SMARTS) is 1. The van der Waals surface area contributed by atoms with Crippen LogP contribution in [0.5, 0.6) is 0 Å². The molecule has 2 aromatic rings. The van der Waals surface area contributed by atoms with Crippen molar-refractivity contribution in [2.24, 2.45) is 11.8 Å². The minimum Gasteiger partial charge on any atom is -0.481 e. The lowest BCUT2D eigenvalue weighted by molar-refractivity contribution is -0.137. The Morgan fingerprint density at radius 1 is 0.854 bits per heavy atom. The maximum absolute atomic E-state index is 13.7. The Labute approximate surface area is 282 Å². The molecule has 12 heteroatoms. The van der Waals surface area contributed by atoms with Crippen LogP contribution in [0.2, 0.25) is 0 Å². The van der Waals surface area contributed by atoms with Crippen LogP contribution in [0.25, 0.3) is 0 Å². The first-order valence-corrected chi connectivity index (χ1v) is 17.0. The average molecular weight is 666 g/mol. The number of carbonyl (C=O) groups excluding carboxylic acids is 4. The van der Waals surface area contributed by atoms with Gasteiger partial charge in [-0.1, -0.05) is 76.4 Å². The van der Waals surface area contributed by atoms with Gasteiger partial charge >= 0.3 is 5.97 Å². The SMILES string of the molecule is CCC[C@H](NC(=O)CCCC(=O)O)C(=O)N[C@@H](CC1CC1)C(=O)N[C@@H](CC(C)C)[C@@H](O)CC(=O)NC(c1ccccc1)c1ccccn1. The minimum atomic E-state index is -1.20. The highest BCUT2D eigenvalue weighted by molar-refractivity contribution is 5.92. The van der Waals surface area contributed by atoms with Crippen molar-refractivity contribution in [1.29, 1.82) is 0 Å². The number of amides is 4. The maximum atomic E-state index is 13.7. The average Bonchev–Trinajstić information content (AvgIpc) is 3.87. The summed E-state index contributed by atoms with van der Waals surface area (Å²) in [5, 5.41) is 31.6. The summed E-state index contributed by atoms with van der Waals surface area (Å²) >= 11 is 0. The van der Waals surface area contributed by atoms with E-state index in [1.165, 1.54) is 0 Å². The number of carbonyl (C=O) groups is 5. The number of pyridine rings is 1. The topological polar surface area (TPSA) is 187 Å². The second-order valence-electron chi connectivity index (χ2n) is 13.1. The lowest BCUT2D eigenvalue weighted by Gasteiger charge is -2.29. The van der Waals surface area contributed by atoms with E-state index >= 15 is 0 Å². The van der Waals surface area contributed by atoms with Gasteiger partial charge in [0, 0.05) is 19.0 Å². The number of hydrogen-bond donors (Lipinski definition) is 6. The summed E-state index contributed by atoms with van der Waals surface area (Å²) in [7, 11) is 0. The fourth-order valence-electron chi connectivity index (χ4n) is 5.59. The summed E-state index contributed by atoms with van der Waals surface area (Å²) in [5.74, 6) is -2.43. The molecule has 262 valence electrons. The van der Waals surface area contributed by atoms with E-state index in [0.29, 0.717) is 31.4 Å². The standard InChI is InChI=1S/C36H51N5O7/c1-4-11-27(38-31(43)15-10-16-33(45)46)35(47)40-29(21-24-17-18-24)36(48)39-28(20-23(2)3)30(42)22-32(44)41-34(25-12-6-5-7-13-25)26-14-8-9-19-37-26/h5-9,12-14,19,23-24,27-30,34,42H,4,10-11,15-18,20-22H2,1-3H3,(H,38,43)(H,39,48)(H,40,47)(H,41,44)(H,45,46)/t27-,28-,29-,30-,34?/m0/s1. The lowest BCUT2D eigenvalue weighted by Crippen LogP contribution is -2.56. The van der Waals surface area contributed by atoms with Crippen LogP contribution in [0.1, 0.15) is 102 Å². The van der Waals surface area contributed by atoms with Gasteiger partial charge in [-0.2, -0.15) is 0 Å². The van der Waals surface area contributed by atoms with Crippen molar-refractivity contribution in [3.63, 3.8) is 0 Å². The van der Waals surface area contributed by atoms with Crippen molar-refractivity contribution in [3.8, 4) is 0 Å². The molecule has 3 rings (SSSR count). The molecule has 5 atom stereocenters. The summed E-state index contributed by atoms with van der Waals surface area (Å²) in [4.78, 5) is 68.0. The third kappa shape index (κ3) is 13.4. The highest BCUT2D eigenvalue weighted by Gasteiger charge is 2.35. The van der Waals surface area contributed by atoms with Crippen molar-refractivity contribution in [2.45, 2.75) is 115 Å². The van der Waals surface area contributed by atoms with Gasteiger partial charge in [0.05, 0.1) is 30.3 Å². The maximum Gasteiger partial charge on any atom is 0.303 e. The first-order chi connectivity index (χ1) is 23.0. The molecule has 0 bridgehead atoms. The first-order valence-electron chi connectivity index (χ1n) is 17.0. The van der Waals surface area contributed by atoms with Crippen LogP contribution in [0.15, 0.2) is 54.7 Å². The van der Waals surface area contributed by atoms with Crippen molar-refractivity contribution in [1.82, 2.24) is 26.3 Å². The highest BCUT2D eigenvalue weighted by Crippen LogP contribution is 2.33. The molecule has 12 nitrogen and oxygen atoms in total. The molecule has 0 saturated heterocycles. The molecule has 4 amide bonds. The zero-order valence-corrected chi connectivity index (χ0v) is 28.2. The Morgan fingerprint density at radius 2 is 1.54 bits per heavy atom. The van der Waals surface area contributed by atoms with Gasteiger partial charge in [-0.25, -0.2) is 0 Å². The van der Waals surface area contributed by atoms with Gasteiger partial charge in [-0.05, 0) is 55.2 Å². The van der Waals surface area contributed by atoms with Crippen LogP contribution < -0.4 is 21.3 Å². The molecular weight excluding hydrogens is 614 g/mol. The van der Waals surface area contributed by atoms with E-state index in [9.17, 15) is 29.1 Å². The van der Waals surface area contributed by atoms with E-state index in [2.05, 4.69) is 26.3 Å². The number of aliphatic hydroxyl groups excluding tert-OH is 1. The largest absolute Gasteiger partial charge is 0.481 e. The predicted molar refractivity (Wildman–Crippen MR) is 180 cm³/mol. The second-order valence-corrected chi connectivity index (χ2v) is 13.1. The number of rotatable bonds is 21. The summed E-state index contributed by atoms with van der Waals surface area (Å²) < 4.78 is 0. The number of carboxylic acids is 1. The minimum absolute atomic E-state index is 0.0257. The fourth-order valence-corrected chi connectivity index (χ4v) is 5.59. The number of aliphatic carboxylic acids is 1. The van der Waals surface area contributed by atoms with E-state index in [0.717, 1.165) is 18.4 Å². The molecule has 1 heterocycles. The molecule has 0 spiro atoms. The normalized spacial score (nSPS) is 15.8. The Hall–Kier alpha value is -4.32. The van der Waals surface area contributed by atoms with Gasteiger partial charge in [0.15, 0.2) is 0 Å². The molecule has 0 radical (unpaired) electrons. The molecule has 1 aromatic heterocycles. The zero-order valence-electron chi connectivity index (χ0n) is 28.2. The molecule has 1 fully saturated rings. The molecule has 1 aromatic carbocycles. The third-order valence-electron chi connectivity index (χ3n) is 8.26. The van der Waals surface area contributed by atoms with Gasteiger partial charge in [-0.15, -0.1) is 0 Å². The van der Waals surface area contributed by atoms with Crippen LogP contribution in [0.4, 0.5) is 0 Å². The van der Waals surface area contributed by atoms with Gasteiger partial charge in [0.1, 0.15) is 12.1 Å². The van der Waals surface area contributed by atoms with E-state index in [1.807, 2.05) is 63.2 Å². The quantitative estimate of drug-likeness (QED) is 0.117. The third-order valence-corrected chi connectivity index (χ3v) is 8.26. The fraction of sp³-hybridized carbons (Fsp3) is 0.556. The molecular formula is C36H51N5O7. The molecule has 1 aliphatic rings. The summed E-state index contributed by atoms with van der Waals surface area (Å²) in [6.45, 7) is 5.78. The van der Waals surface area contributed by atoms with Gasteiger partial charge in [0.2, 0.25) is 23.6 Å². The summed E-state index contributed by atoms with van der Waals surface area (Å²) in [5.41, 5.74) is 1.48. The Balaban J connectivity index is 1.68. The summed E-state index contributed by atoms with van der Waals surface area (Å²) in [6, 6.07) is 11.8. The van der Waals surface area contributed by atoms with Gasteiger partial charge in [-0.3, -0.25) is 29.0 Å². The molecule has 1 saturated carbocycles. The molecule has 0 aliphatic heterocycles. The molecule has 6 N–H and O–H groups in total. The number of aliphatic hydroxyl groups is 1. The van der Waals surface area contributed by atoms with Crippen molar-refractivity contribution in [2.75, 3.05) is 0 Å². The van der Waals surface area contributed by atoms with E-state index in [4.69, 9.17) is 5.11 Å². The van der Waals surface area contributed by atoms with Crippen LogP contribution in [-0.2, 0) is 24.0 Å². The number of benzene rings is 1. The lowest BCUT2D eigenvalue weighted by atomic mass is 9.95. The predicted octanol–water partition coefficient (Wildman–Crippen LogP) is 3.39. The zero-order chi connectivity index (χ0) is 35.1. The van der Waals surface area contributed by atoms with E-state index < -0.39 is 59.9 Å². The Morgan fingerprint density at radius 3 is 2.15 bits per heavy atom. The molecule has 48 heavy (non-hydrogen) atoms.